The van der Waals surface area contributed by atoms with Crippen LogP contribution in [0.4, 0.5) is 0 Å². The van der Waals surface area contributed by atoms with E-state index in [1.54, 1.807) is 122 Å². The fourth-order valence-corrected chi connectivity index (χ4v) is 5.63. The molecule has 12 aromatic rings. The second kappa shape index (κ2) is 42.3. The molecule has 17 nitrogen and oxygen atoms in total. The number of thiophene rings is 1. The third kappa shape index (κ3) is 40.3. The molecule has 0 radical (unpaired) electrons. The van der Waals surface area contributed by atoms with Gasteiger partial charge in [0.25, 0.3) is 0 Å². The van der Waals surface area contributed by atoms with Crippen LogP contribution in [-0.2, 0) is 0 Å². The Kier molecular flexibility index (Phi) is 36.7. The zero-order valence-corrected chi connectivity index (χ0v) is 46.1. The smallest absolute Gasteiger partial charge is 0.190 e. The zero-order chi connectivity index (χ0) is 52.9. The topological polar surface area (TPSA) is 232 Å². The Morgan fingerprint density at radius 2 is 1.32 bits per heavy atom. The van der Waals surface area contributed by atoms with Crippen LogP contribution in [-0.4, -0.2) is 64.6 Å². The molecular formula is C51H67N13O4S4. The van der Waals surface area contributed by atoms with Crippen molar-refractivity contribution in [2.24, 2.45) is 0 Å². The largest absolute Gasteiger partial charge is 0.470 e. The summed E-state index contributed by atoms with van der Waals surface area (Å²) in [7, 11) is 0. The maximum Gasteiger partial charge on any atom is 0.190 e. The summed E-state index contributed by atoms with van der Waals surface area (Å²) < 4.78 is 22.7. The third-order valence-corrected chi connectivity index (χ3v) is 10.2. The van der Waals surface area contributed by atoms with E-state index >= 15 is 0 Å². The molecule has 12 heterocycles. The summed E-state index contributed by atoms with van der Waals surface area (Å²) >= 11 is 6.64. The molecule has 0 spiro atoms. The Labute approximate surface area is 438 Å². The third-order valence-electron chi connectivity index (χ3n) is 7.35. The van der Waals surface area contributed by atoms with E-state index < -0.39 is 0 Å². The first kappa shape index (κ1) is 62.4. The molecule has 0 atom stereocenters. The molecule has 0 unspecified atom stereocenters. The quantitative estimate of drug-likeness (QED) is 0.111. The number of imidazole rings is 2. The van der Waals surface area contributed by atoms with E-state index in [0.29, 0.717) is 0 Å². The minimum Gasteiger partial charge on any atom is -0.470 e. The number of aromatic amines is 4. The number of thiazole rings is 2. The van der Waals surface area contributed by atoms with Crippen LogP contribution in [0.5, 0.6) is 0 Å². The fraction of sp³-hybridized carbons (Fsp3) is 0.235. The first-order chi connectivity index (χ1) is 34.7. The van der Waals surface area contributed by atoms with Gasteiger partial charge in [0.15, 0.2) is 12.3 Å². The summed E-state index contributed by atoms with van der Waals surface area (Å²) in [4.78, 5) is 35.5. The average Bonchev–Trinajstić information content (AvgIpc) is 4.18. The Bertz CT molecular complexity index is 2030. The number of H-pyrrole nitrogens is 4. The molecule has 0 amide bonds. The number of rotatable bonds is 0. The second-order valence-corrected chi connectivity index (χ2v) is 18.4. The highest BCUT2D eigenvalue weighted by molar-refractivity contribution is 7.10. The van der Waals surface area contributed by atoms with Crippen LogP contribution in [0.25, 0.3) is 0 Å². The van der Waals surface area contributed by atoms with Gasteiger partial charge in [-0.2, -0.15) is 5.10 Å². The summed E-state index contributed by atoms with van der Waals surface area (Å²) in [5.41, 5.74) is 5.26. The lowest BCUT2D eigenvalue weighted by Crippen LogP contribution is -1.66. The second-order valence-electron chi connectivity index (χ2n) is 14.0. The molecule has 0 aromatic carbocycles. The van der Waals surface area contributed by atoms with Crippen LogP contribution in [0.1, 0.15) is 65.7 Å². The minimum absolute atomic E-state index is 0.718. The first-order valence-corrected chi connectivity index (χ1v) is 25.3. The maximum atomic E-state index is 4.83. The molecule has 21 heteroatoms. The molecule has 0 aliphatic heterocycles. The number of nitrogens with one attached hydrogen (secondary N) is 4. The lowest BCUT2D eigenvalue weighted by molar-refractivity contribution is 0.397. The molecule has 12 aromatic heterocycles. The van der Waals surface area contributed by atoms with Gasteiger partial charge in [-0.25, -0.2) is 24.3 Å². The van der Waals surface area contributed by atoms with E-state index in [1.807, 2.05) is 129 Å². The molecule has 0 fully saturated rings. The van der Waals surface area contributed by atoms with Crippen LogP contribution in [0.3, 0.4) is 0 Å². The van der Waals surface area contributed by atoms with E-state index in [9.17, 15) is 0 Å². The SMILES string of the molecule is Cc1ccc[nH]1.Cc1ccco1.Cc1cccs1.Cc1ccn[nH]1.Cc1ccno1.Cc1ccns1.Cc1cnc[nH]1.Cc1cnco1.Cc1cncs1.Cc1ncc[nH]1.Cc1ncco1.Cc1nccs1. The van der Waals surface area contributed by atoms with Crippen molar-refractivity contribution in [1.29, 1.82) is 0 Å². The number of hydrogen-bond donors (Lipinski definition) is 4. The number of furan rings is 1. The summed E-state index contributed by atoms with van der Waals surface area (Å²) in [6, 6.07) is 17.7. The van der Waals surface area contributed by atoms with Crippen molar-refractivity contribution in [2.45, 2.75) is 83.1 Å². The normalized spacial score (nSPS) is 8.83. The Balaban J connectivity index is 0.000000393. The molecule has 0 bridgehead atoms. The molecule has 0 aliphatic rings. The van der Waals surface area contributed by atoms with E-state index in [-0.39, 0.29) is 0 Å². The van der Waals surface area contributed by atoms with Gasteiger partial charge in [0.05, 0.1) is 41.7 Å². The predicted octanol–water partition coefficient (Wildman–Crippen LogP) is 14.4. The number of nitrogens with zero attached hydrogens (tertiary/aromatic N) is 9. The van der Waals surface area contributed by atoms with Crippen LogP contribution in [0.2, 0.25) is 0 Å². The highest BCUT2D eigenvalue weighted by atomic mass is 32.1. The van der Waals surface area contributed by atoms with E-state index in [4.69, 9.17) is 13.3 Å². The Morgan fingerprint density at radius 3 is 1.49 bits per heavy atom. The monoisotopic (exact) mass is 1050 g/mol. The molecule has 72 heavy (non-hydrogen) atoms. The lowest BCUT2D eigenvalue weighted by atomic mass is 10.5. The van der Waals surface area contributed by atoms with E-state index in [0.717, 1.165) is 45.4 Å². The molecule has 0 aliphatic carbocycles. The standard InChI is InChI=1S/C5H7N.C5H6O.C5H6S.3C4H6N2.3C4H5NO.3C4H5NS/c3*1-5-3-2-4-6-5;1-4-2-5-3-6-4;1-4-5-2-3-6-4;1-4-2-3-5-6-4;1-4-2-5-3-6-4;1-4-5-2-3-6-4;1-4-2-3-5-6-4;1-4-2-5-3-6-4;1-4-5-2-3-6-4;1-4-2-3-5-6-4/h2-4,6H,1H3;2*2-4H,1H3;3*2-3H,1H3,(H,5,6);6*2-3H,1H3. The fourth-order valence-electron chi connectivity index (χ4n) is 3.84. The highest BCUT2D eigenvalue weighted by Gasteiger charge is 1.82. The van der Waals surface area contributed by atoms with Gasteiger partial charge in [-0.3, -0.25) is 15.1 Å². The van der Waals surface area contributed by atoms with Crippen molar-refractivity contribution >= 4 is 45.5 Å². The van der Waals surface area contributed by atoms with Crippen molar-refractivity contribution in [3.63, 3.8) is 0 Å². The van der Waals surface area contributed by atoms with Gasteiger partial charge in [-0.15, -0.1) is 34.0 Å². The van der Waals surface area contributed by atoms with Crippen LogP contribution < -0.4 is 0 Å². The summed E-state index contributed by atoms with van der Waals surface area (Å²) in [6.07, 6.45) is 25.6. The zero-order valence-electron chi connectivity index (χ0n) is 42.9. The number of hydrogen-bond acceptors (Lipinski definition) is 17. The van der Waals surface area contributed by atoms with Gasteiger partial charge in [0.1, 0.15) is 29.4 Å². The van der Waals surface area contributed by atoms with Crippen molar-refractivity contribution in [3.05, 3.63) is 230 Å². The molecule has 4 N–H and O–H groups in total. The van der Waals surface area contributed by atoms with Gasteiger partial charge in [-0.05, 0) is 136 Å². The van der Waals surface area contributed by atoms with E-state index in [1.165, 1.54) is 38.3 Å². The van der Waals surface area contributed by atoms with Crippen molar-refractivity contribution in [3.8, 4) is 0 Å². The Morgan fingerprint density at radius 1 is 0.486 bits per heavy atom. The van der Waals surface area contributed by atoms with Crippen molar-refractivity contribution < 1.29 is 17.8 Å². The Hall–Kier alpha value is -7.59. The van der Waals surface area contributed by atoms with Gasteiger partial charge < -0.3 is 32.7 Å². The lowest BCUT2D eigenvalue weighted by Gasteiger charge is -1.70. The molecule has 384 valence electrons. The van der Waals surface area contributed by atoms with Gasteiger partial charge in [0.2, 0.25) is 0 Å². The minimum atomic E-state index is 0.718. The molecular weight excluding hydrogens is 987 g/mol. The summed E-state index contributed by atoms with van der Waals surface area (Å²) in [6.45, 7) is 23.5. The van der Waals surface area contributed by atoms with Crippen LogP contribution >= 0.6 is 45.5 Å². The van der Waals surface area contributed by atoms with E-state index in [2.05, 4.69) is 93.5 Å². The summed E-state index contributed by atoms with van der Waals surface area (Å²) in [5.74, 6) is 4.37. The van der Waals surface area contributed by atoms with Gasteiger partial charge in [-0.1, -0.05) is 11.2 Å². The van der Waals surface area contributed by atoms with Crippen molar-refractivity contribution in [2.75, 3.05) is 0 Å². The molecule has 0 saturated carbocycles. The van der Waals surface area contributed by atoms with Gasteiger partial charge in [0, 0.05) is 99.7 Å². The maximum absolute atomic E-state index is 4.83. The summed E-state index contributed by atoms with van der Waals surface area (Å²) in [5, 5.41) is 15.1. The van der Waals surface area contributed by atoms with Crippen molar-refractivity contribution in [1.82, 2.24) is 64.6 Å². The molecule has 12 rings (SSSR count). The number of aromatic nitrogens is 13. The predicted molar refractivity (Wildman–Crippen MR) is 292 cm³/mol. The molecule has 0 saturated heterocycles. The van der Waals surface area contributed by atoms with Crippen LogP contribution in [0, 0.1) is 83.1 Å². The first-order valence-electron chi connectivity index (χ1n) is 21.9. The number of oxazole rings is 2. The average molecular weight is 1050 g/mol. The number of aryl methyl sites for hydroxylation is 12. The highest BCUT2D eigenvalue weighted by Crippen LogP contribution is 2.04. The van der Waals surface area contributed by atoms with Crippen LogP contribution in [0.15, 0.2) is 182 Å². The van der Waals surface area contributed by atoms with Gasteiger partial charge >= 0.3 is 0 Å².